The third-order valence-electron chi connectivity index (χ3n) is 2.96. The second-order valence-electron chi connectivity index (χ2n) is 5.17. The summed E-state index contributed by atoms with van der Waals surface area (Å²) < 4.78 is 52.2. The summed E-state index contributed by atoms with van der Waals surface area (Å²) >= 11 is 0.433. The molecule has 2 aromatic rings. The number of thiazole rings is 1. The van der Waals surface area contributed by atoms with E-state index >= 15 is 0 Å². The summed E-state index contributed by atoms with van der Waals surface area (Å²) in [5, 5.41) is 1.93. The predicted molar refractivity (Wildman–Crippen MR) is 80.4 cm³/mol. The monoisotopic (exact) mass is 360 g/mol. The van der Waals surface area contributed by atoms with E-state index in [1.54, 1.807) is 13.8 Å². The van der Waals surface area contributed by atoms with Gasteiger partial charge in [0.15, 0.2) is 10.8 Å². The van der Waals surface area contributed by atoms with Crippen molar-refractivity contribution in [2.45, 2.75) is 20.0 Å². The van der Waals surface area contributed by atoms with Gasteiger partial charge in [-0.25, -0.2) is 9.37 Å². The van der Waals surface area contributed by atoms with Crippen LogP contribution < -0.4 is 5.32 Å². The Labute approximate surface area is 138 Å². The SMILES string of the molecule is CC(C)C(=O)Nc1nc(C(F)(F)F)c(C(=O)c2ccc(F)cc2)s1. The maximum Gasteiger partial charge on any atom is 0.435 e. The molecule has 0 atom stereocenters. The molecule has 24 heavy (non-hydrogen) atoms. The highest BCUT2D eigenvalue weighted by atomic mass is 32.1. The fourth-order valence-electron chi connectivity index (χ4n) is 1.70. The molecule has 0 saturated heterocycles. The van der Waals surface area contributed by atoms with Crippen LogP contribution in [0.2, 0.25) is 0 Å². The molecule has 0 fully saturated rings. The molecule has 9 heteroatoms. The quantitative estimate of drug-likeness (QED) is 0.659. The Morgan fingerprint density at radius 1 is 1.17 bits per heavy atom. The highest BCUT2D eigenvalue weighted by Gasteiger charge is 2.40. The highest BCUT2D eigenvalue weighted by molar-refractivity contribution is 7.18. The zero-order chi connectivity index (χ0) is 18.1. The average molecular weight is 360 g/mol. The van der Waals surface area contributed by atoms with E-state index in [0.29, 0.717) is 11.3 Å². The van der Waals surface area contributed by atoms with Crippen LogP contribution in [0.25, 0.3) is 0 Å². The number of alkyl halides is 3. The summed E-state index contributed by atoms with van der Waals surface area (Å²) in [7, 11) is 0. The Morgan fingerprint density at radius 3 is 2.25 bits per heavy atom. The molecule has 0 saturated carbocycles. The zero-order valence-corrected chi connectivity index (χ0v) is 13.4. The maximum atomic E-state index is 13.1. The molecule has 1 heterocycles. The molecule has 0 radical (unpaired) electrons. The van der Waals surface area contributed by atoms with Crippen LogP contribution >= 0.6 is 11.3 Å². The minimum atomic E-state index is -4.86. The molecule has 128 valence electrons. The van der Waals surface area contributed by atoms with Gasteiger partial charge in [-0.3, -0.25) is 9.59 Å². The third-order valence-corrected chi connectivity index (χ3v) is 3.93. The lowest BCUT2D eigenvalue weighted by Gasteiger charge is -2.05. The third kappa shape index (κ3) is 3.97. The summed E-state index contributed by atoms with van der Waals surface area (Å²) in [6.07, 6.45) is -4.86. The summed E-state index contributed by atoms with van der Waals surface area (Å²) in [5.74, 6) is -2.53. The molecule has 0 aliphatic rings. The normalized spacial score (nSPS) is 11.6. The molecule has 0 bridgehead atoms. The van der Waals surface area contributed by atoms with Crippen molar-refractivity contribution in [3.05, 3.63) is 46.2 Å². The Morgan fingerprint density at radius 2 is 1.75 bits per heavy atom. The number of carbonyl (C=O) groups is 2. The van der Waals surface area contributed by atoms with Gasteiger partial charge in [0.05, 0.1) is 0 Å². The lowest BCUT2D eigenvalue weighted by atomic mass is 10.1. The standard InChI is InChI=1S/C15H12F4N2O2S/c1-7(2)13(23)21-14-20-12(15(17,18)19)11(24-14)10(22)8-3-5-9(16)6-4-8/h3-7H,1-2H3,(H,20,21,23). The molecule has 0 spiro atoms. The smallest absolute Gasteiger partial charge is 0.302 e. The second kappa shape index (κ2) is 6.68. The number of hydrogen-bond donors (Lipinski definition) is 1. The number of anilines is 1. The summed E-state index contributed by atoms with van der Waals surface area (Å²) in [6, 6.07) is 4.12. The first kappa shape index (κ1) is 18.1. The molecular formula is C15H12F4N2O2S. The predicted octanol–water partition coefficient (Wildman–Crippen LogP) is 4.13. The van der Waals surface area contributed by atoms with Crippen LogP contribution in [0.1, 0.15) is 34.8 Å². The fourth-order valence-corrected chi connectivity index (χ4v) is 2.65. The Balaban J connectivity index is 2.43. The number of nitrogens with one attached hydrogen (secondary N) is 1. The van der Waals surface area contributed by atoms with E-state index in [9.17, 15) is 27.2 Å². The van der Waals surface area contributed by atoms with Crippen LogP contribution in [-0.2, 0) is 11.0 Å². The molecule has 1 aromatic heterocycles. The number of hydrogen-bond acceptors (Lipinski definition) is 4. The molecular weight excluding hydrogens is 348 g/mol. The van der Waals surface area contributed by atoms with Crippen LogP contribution in [-0.4, -0.2) is 16.7 Å². The fraction of sp³-hybridized carbons (Fsp3) is 0.267. The van der Waals surface area contributed by atoms with Crippen LogP contribution in [0, 0.1) is 11.7 Å². The molecule has 0 aliphatic heterocycles. The van der Waals surface area contributed by atoms with Crippen LogP contribution in [0.3, 0.4) is 0 Å². The number of halogens is 4. The zero-order valence-electron chi connectivity index (χ0n) is 12.6. The first-order chi connectivity index (χ1) is 11.1. The summed E-state index contributed by atoms with van der Waals surface area (Å²) in [6.45, 7) is 3.14. The molecule has 1 N–H and O–H groups in total. The van der Waals surface area contributed by atoms with Gasteiger partial charge in [-0.15, -0.1) is 0 Å². The number of carbonyl (C=O) groups excluding carboxylic acids is 2. The maximum absolute atomic E-state index is 13.1. The van der Waals surface area contributed by atoms with E-state index in [4.69, 9.17) is 0 Å². The van der Waals surface area contributed by atoms with Gasteiger partial charge in [-0.05, 0) is 24.3 Å². The minimum absolute atomic E-state index is 0.104. The largest absolute Gasteiger partial charge is 0.435 e. The van der Waals surface area contributed by atoms with Gasteiger partial charge in [0.2, 0.25) is 11.7 Å². The van der Waals surface area contributed by atoms with Gasteiger partial charge >= 0.3 is 6.18 Å². The first-order valence-electron chi connectivity index (χ1n) is 6.78. The lowest BCUT2D eigenvalue weighted by Crippen LogP contribution is -2.18. The van der Waals surface area contributed by atoms with Crippen molar-refractivity contribution < 1.29 is 27.2 Å². The van der Waals surface area contributed by atoms with Gasteiger partial charge in [-0.2, -0.15) is 13.2 Å². The van der Waals surface area contributed by atoms with Crippen molar-refractivity contribution in [2.75, 3.05) is 5.32 Å². The first-order valence-corrected chi connectivity index (χ1v) is 7.60. The topological polar surface area (TPSA) is 59.1 Å². The lowest BCUT2D eigenvalue weighted by molar-refractivity contribution is -0.141. The van der Waals surface area contributed by atoms with Crippen molar-refractivity contribution in [1.82, 2.24) is 4.98 Å². The van der Waals surface area contributed by atoms with Crippen LogP contribution in [0.5, 0.6) is 0 Å². The van der Waals surface area contributed by atoms with Crippen LogP contribution in [0.4, 0.5) is 22.7 Å². The molecule has 2 rings (SSSR count). The van der Waals surface area contributed by atoms with E-state index in [0.717, 1.165) is 24.3 Å². The van der Waals surface area contributed by atoms with Gasteiger partial charge in [0.1, 0.15) is 10.7 Å². The van der Waals surface area contributed by atoms with Gasteiger partial charge < -0.3 is 5.32 Å². The Hall–Kier alpha value is -2.29. The Kier molecular flexibility index (Phi) is 5.02. The van der Waals surface area contributed by atoms with E-state index < -0.39 is 40.2 Å². The number of rotatable bonds is 4. The number of nitrogens with zero attached hydrogens (tertiary/aromatic N) is 1. The molecule has 0 unspecified atom stereocenters. The number of benzene rings is 1. The molecule has 0 aliphatic carbocycles. The van der Waals surface area contributed by atoms with Crippen LogP contribution in [0.15, 0.2) is 24.3 Å². The van der Waals surface area contributed by atoms with E-state index in [2.05, 4.69) is 10.3 Å². The summed E-state index contributed by atoms with van der Waals surface area (Å²) in [4.78, 5) is 26.6. The molecule has 1 amide bonds. The average Bonchev–Trinajstić information content (AvgIpc) is 2.91. The van der Waals surface area contributed by atoms with E-state index in [1.165, 1.54) is 0 Å². The van der Waals surface area contributed by atoms with E-state index in [-0.39, 0.29) is 10.7 Å². The number of ketones is 1. The highest BCUT2D eigenvalue weighted by Crippen LogP contribution is 2.37. The number of aromatic nitrogens is 1. The van der Waals surface area contributed by atoms with Crippen molar-refractivity contribution >= 4 is 28.2 Å². The minimum Gasteiger partial charge on any atom is -0.302 e. The van der Waals surface area contributed by atoms with E-state index in [1.807, 2.05) is 0 Å². The molecule has 4 nitrogen and oxygen atoms in total. The van der Waals surface area contributed by atoms with Gasteiger partial charge in [0.25, 0.3) is 0 Å². The van der Waals surface area contributed by atoms with Gasteiger partial charge in [-0.1, -0.05) is 25.2 Å². The van der Waals surface area contributed by atoms with Crippen molar-refractivity contribution in [3.8, 4) is 0 Å². The Bertz CT molecular complexity index is 767. The second-order valence-corrected chi connectivity index (χ2v) is 6.17. The van der Waals surface area contributed by atoms with Crippen molar-refractivity contribution in [2.24, 2.45) is 5.92 Å². The summed E-state index contributed by atoms with van der Waals surface area (Å²) in [5.41, 5.74) is -1.48. The number of amides is 1. The molecule has 1 aromatic carbocycles. The van der Waals surface area contributed by atoms with Crippen molar-refractivity contribution in [3.63, 3.8) is 0 Å². The van der Waals surface area contributed by atoms with Crippen molar-refractivity contribution in [1.29, 1.82) is 0 Å². The van der Waals surface area contributed by atoms with Gasteiger partial charge in [0, 0.05) is 11.5 Å².